The summed E-state index contributed by atoms with van der Waals surface area (Å²) < 4.78 is 32.5. The molecule has 0 bridgehead atoms. The average Bonchev–Trinajstić information content (AvgIpc) is 3.30. The number of fused-ring (bicyclic) bond motifs is 1. The summed E-state index contributed by atoms with van der Waals surface area (Å²) in [7, 11) is -4.18. The normalized spacial score (nSPS) is 13.2. The molecule has 2 amide bonds. The fraction of sp³-hybridized carbons (Fsp3) is 0.276. The van der Waals surface area contributed by atoms with Crippen LogP contribution in [-0.4, -0.2) is 46.4 Å². The van der Waals surface area contributed by atoms with E-state index >= 15 is 0 Å². The Balaban J connectivity index is 1.93. The molecule has 228 valence electrons. The summed E-state index contributed by atoms with van der Waals surface area (Å²) in [5.41, 5.74) is -0.0216. The third-order valence-corrected chi connectivity index (χ3v) is 9.26. The van der Waals surface area contributed by atoms with E-state index in [1.165, 1.54) is 29.5 Å². The first-order valence-electron chi connectivity index (χ1n) is 12.9. The summed E-state index contributed by atoms with van der Waals surface area (Å²) in [6.45, 7) is 8.37. The SMILES string of the molecule is CC(C)(C)NS(=O)(=O)NC(c1cc2cccc(-c3cc(C(C)(C)O)ccn3)c2s1)c1cc(N(C(=O)O)C(=O)O)ccc1Cl. The third-order valence-electron chi connectivity index (χ3n) is 6.23. The van der Waals surface area contributed by atoms with Crippen molar-refractivity contribution in [2.24, 2.45) is 0 Å². The van der Waals surface area contributed by atoms with E-state index < -0.39 is 39.6 Å². The van der Waals surface area contributed by atoms with E-state index in [9.17, 15) is 33.3 Å². The topological polar surface area (TPSA) is 169 Å². The molecular weight excluding hydrogens is 616 g/mol. The van der Waals surface area contributed by atoms with Gasteiger partial charge in [0, 0.05) is 31.9 Å². The minimum absolute atomic E-state index is 0.0835. The number of hydrogen-bond donors (Lipinski definition) is 5. The van der Waals surface area contributed by atoms with Gasteiger partial charge >= 0.3 is 12.2 Å². The Morgan fingerprint density at radius 1 is 1.00 bits per heavy atom. The number of rotatable bonds is 8. The lowest BCUT2D eigenvalue weighted by Gasteiger charge is -2.25. The number of amides is 2. The maximum absolute atomic E-state index is 13.3. The molecule has 0 fully saturated rings. The molecule has 0 aliphatic heterocycles. The molecule has 43 heavy (non-hydrogen) atoms. The molecule has 1 atom stereocenters. The van der Waals surface area contributed by atoms with Crippen LogP contribution in [0.3, 0.4) is 0 Å². The molecule has 4 aromatic rings. The van der Waals surface area contributed by atoms with Crippen LogP contribution in [0.1, 0.15) is 56.7 Å². The lowest BCUT2D eigenvalue weighted by Crippen LogP contribution is -2.48. The lowest BCUT2D eigenvalue weighted by molar-refractivity contribution is 0.0785. The van der Waals surface area contributed by atoms with Crippen LogP contribution < -0.4 is 14.3 Å². The molecule has 0 aliphatic carbocycles. The van der Waals surface area contributed by atoms with Gasteiger partial charge in [0.1, 0.15) is 0 Å². The highest BCUT2D eigenvalue weighted by molar-refractivity contribution is 7.87. The van der Waals surface area contributed by atoms with Crippen molar-refractivity contribution >= 4 is 61.1 Å². The van der Waals surface area contributed by atoms with E-state index in [1.807, 2.05) is 18.2 Å². The number of aromatic nitrogens is 1. The molecule has 0 saturated heterocycles. The van der Waals surface area contributed by atoms with Crippen LogP contribution in [0.4, 0.5) is 15.3 Å². The summed E-state index contributed by atoms with van der Waals surface area (Å²) in [6, 6.07) is 13.5. The van der Waals surface area contributed by atoms with Gasteiger partial charge in [-0.05, 0) is 87.5 Å². The fourth-order valence-corrected chi connectivity index (χ4v) is 7.43. The van der Waals surface area contributed by atoms with Gasteiger partial charge in [-0.1, -0.05) is 29.8 Å². The summed E-state index contributed by atoms with van der Waals surface area (Å²) >= 11 is 7.82. The van der Waals surface area contributed by atoms with E-state index in [2.05, 4.69) is 14.4 Å². The quantitative estimate of drug-likeness (QED) is 0.148. The number of hydrogen-bond acceptors (Lipinski definition) is 7. The molecule has 14 heteroatoms. The van der Waals surface area contributed by atoms with Crippen molar-refractivity contribution in [3.8, 4) is 11.3 Å². The van der Waals surface area contributed by atoms with Crippen LogP contribution >= 0.6 is 22.9 Å². The van der Waals surface area contributed by atoms with Gasteiger partial charge in [-0.3, -0.25) is 4.98 Å². The molecule has 4 rings (SSSR count). The van der Waals surface area contributed by atoms with Gasteiger partial charge in [0.2, 0.25) is 0 Å². The number of pyridine rings is 1. The minimum atomic E-state index is -4.18. The van der Waals surface area contributed by atoms with E-state index in [4.69, 9.17) is 11.6 Å². The standard InChI is InChI=1S/C29H31ClN4O7S2/c1-28(2,3)33-43(40,41)32-24(20-15-18(9-10-21(20)30)34(26(35)36)27(37)38)23-13-16-7-6-8-19(25(16)42-23)22-14-17(11-12-31-22)29(4,5)39/h6-15,24,32-33,39H,1-5H3,(H,35,36)(H,37,38). The first kappa shape index (κ1) is 32.3. The molecule has 1 unspecified atom stereocenters. The lowest BCUT2D eigenvalue weighted by atomic mass is 9.97. The zero-order valence-corrected chi connectivity index (χ0v) is 26.3. The number of anilines is 1. The van der Waals surface area contributed by atoms with Gasteiger partial charge in [-0.15, -0.1) is 11.3 Å². The number of carboxylic acid groups (broad SMARTS) is 2. The Morgan fingerprint density at radius 2 is 1.67 bits per heavy atom. The van der Waals surface area contributed by atoms with Gasteiger partial charge < -0.3 is 15.3 Å². The number of thiophene rings is 1. The Kier molecular flexibility index (Phi) is 8.89. The van der Waals surface area contributed by atoms with E-state index in [-0.39, 0.29) is 21.2 Å². The Hall–Kier alpha value is -3.59. The molecule has 0 aliphatic rings. The van der Waals surface area contributed by atoms with Gasteiger partial charge in [0.05, 0.1) is 23.0 Å². The van der Waals surface area contributed by atoms with Gasteiger partial charge in [0.15, 0.2) is 0 Å². The van der Waals surface area contributed by atoms with Crippen molar-refractivity contribution < 1.29 is 33.3 Å². The number of imide groups is 1. The molecule has 2 aromatic heterocycles. The maximum Gasteiger partial charge on any atom is 0.421 e. The van der Waals surface area contributed by atoms with Gasteiger partial charge in [-0.25, -0.2) is 9.59 Å². The monoisotopic (exact) mass is 646 g/mol. The fourth-order valence-electron chi connectivity index (χ4n) is 4.44. The zero-order valence-electron chi connectivity index (χ0n) is 23.9. The number of aliphatic hydroxyl groups is 1. The maximum atomic E-state index is 13.3. The average molecular weight is 647 g/mol. The molecule has 2 heterocycles. The van der Waals surface area contributed by atoms with E-state index in [1.54, 1.807) is 59.0 Å². The van der Waals surface area contributed by atoms with Crippen molar-refractivity contribution in [1.82, 2.24) is 14.4 Å². The largest absolute Gasteiger partial charge is 0.464 e. The first-order chi connectivity index (χ1) is 19.9. The number of nitrogens with one attached hydrogen (secondary N) is 2. The minimum Gasteiger partial charge on any atom is -0.464 e. The predicted octanol–water partition coefficient (Wildman–Crippen LogP) is 6.32. The smallest absolute Gasteiger partial charge is 0.421 e. The predicted molar refractivity (Wildman–Crippen MR) is 167 cm³/mol. The highest BCUT2D eigenvalue weighted by atomic mass is 35.5. The summed E-state index contributed by atoms with van der Waals surface area (Å²) in [5.74, 6) is 0. The van der Waals surface area contributed by atoms with Crippen molar-refractivity contribution in [1.29, 1.82) is 0 Å². The number of carbonyl (C=O) groups is 2. The highest BCUT2D eigenvalue weighted by Gasteiger charge is 2.30. The van der Waals surface area contributed by atoms with Crippen LogP contribution in [0.15, 0.2) is 60.8 Å². The van der Waals surface area contributed by atoms with Crippen molar-refractivity contribution in [2.45, 2.75) is 51.8 Å². The molecule has 0 spiro atoms. The van der Waals surface area contributed by atoms with Crippen molar-refractivity contribution in [3.05, 3.63) is 81.8 Å². The van der Waals surface area contributed by atoms with Gasteiger partial charge in [0.25, 0.3) is 10.2 Å². The number of benzene rings is 2. The van der Waals surface area contributed by atoms with Crippen LogP contribution in [-0.2, 0) is 15.8 Å². The summed E-state index contributed by atoms with van der Waals surface area (Å²) in [4.78, 5) is 28.5. The number of nitrogens with zero attached hydrogens (tertiary/aromatic N) is 2. The van der Waals surface area contributed by atoms with Crippen LogP contribution in [0, 0.1) is 0 Å². The summed E-state index contributed by atoms with van der Waals surface area (Å²) in [5, 5.41) is 30.4. The molecule has 0 saturated carbocycles. The zero-order chi connectivity index (χ0) is 31.9. The Bertz CT molecular complexity index is 1800. The van der Waals surface area contributed by atoms with Crippen molar-refractivity contribution in [3.63, 3.8) is 0 Å². The van der Waals surface area contributed by atoms with Crippen LogP contribution in [0.2, 0.25) is 5.02 Å². The molecule has 5 N–H and O–H groups in total. The third kappa shape index (κ3) is 7.50. The molecular formula is C29H31ClN4O7S2. The first-order valence-corrected chi connectivity index (χ1v) is 15.6. The Labute approximate surface area is 258 Å². The van der Waals surface area contributed by atoms with Crippen LogP contribution in [0.5, 0.6) is 0 Å². The van der Waals surface area contributed by atoms with Crippen LogP contribution in [0.25, 0.3) is 21.3 Å². The second-order valence-electron chi connectivity index (χ2n) is 11.4. The molecule has 2 aromatic carbocycles. The van der Waals surface area contributed by atoms with Gasteiger partial charge in [-0.2, -0.15) is 22.8 Å². The van der Waals surface area contributed by atoms with E-state index in [0.717, 1.165) is 15.6 Å². The van der Waals surface area contributed by atoms with E-state index in [0.29, 0.717) is 16.1 Å². The summed E-state index contributed by atoms with van der Waals surface area (Å²) in [6.07, 6.45) is -1.87. The highest BCUT2D eigenvalue weighted by Crippen LogP contribution is 2.41. The second kappa shape index (κ2) is 11.8. The van der Waals surface area contributed by atoms with Crippen molar-refractivity contribution in [2.75, 3.05) is 4.90 Å². The Morgan fingerprint density at radius 3 is 2.28 bits per heavy atom. The molecule has 0 radical (unpaired) electrons. The molecule has 11 nitrogen and oxygen atoms in total. The second-order valence-corrected chi connectivity index (χ2v) is 14.3. The number of halogens is 1.